The van der Waals surface area contributed by atoms with Gasteiger partial charge in [0.1, 0.15) is 10.7 Å². The zero-order chi connectivity index (χ0) is 10.8. The molecule has 0 aliphatic carbocycles. The third-order valence-corrected chi connectivity index (χ3v) is 2.78. The first-order valence-electron chi connectivity index (χ1n) is 3.75. The molecule has 6 heteroatoms. The van der Waals surface area contributed by atoms with Crippen molar-refractivity contribution in [2.24, 2.45) is 5.90 Å². The number of benzene rings is 1. The molecule has 4 nitrogen and oxygen atoms in total. The predicted octanol–water partition coefficient (Wildman–Crippen LogP) is 0.620. The van der Waals surface area contributed by atoms with Gasteiger partial charge in [0.05, 0.1) is 6.61 Å². The van der Waals surface area contributed by atoms with Crippen LogP contribution in [0.2, 0.25) is 0 Å². The van der Waals surface area contributed by atoms with Crippen LogP contribution >= 0.6 is 0 Å². The van der Waals surface area contributed by atoms with Crippen LogP contribution in [0.15, 0.2) is 23.1 Å². The fraction of sp³-hybridized carbons (Fsp3) is 0.250. The van der Waals surface area contributed by atoms with E-state index < -0.39 is 15.7 Å². The maximum Gasteiger partial charge on any atom is 0.178 e. The molecule has 0 radical (unpaired) electrons. The molecule has 0 aliphatic heterocycles. The van der Waals surface area contributed by atoms with Gasteiger partial charge >= 0.3 is 0 Å². The summed E-state index contributed by atoms with van der Waals surface area (Å²) in [5.74, 6) is 4.00. The highest BCUT2D eigenvalue weighted by atomic mass is 32.2. The minimum atomic E-state index is -3.51. The van der Waals surface area contributed by atoms with Crippen molar-refractivity contribution < 1.29 is 17.6 Å². The summed E-state index contributed by atoms with van der Waals surface area (Å²) in [6, 6.07) is 3.73. The first-order valence-corrected chi connectivity index (χ1v) is 5.64. The Kier molecular flexibility index (Phi) is 3.20. The van der Waals surface area contributed by atoms with Crippen molar-refractivity contribution in [2.75, 3.05) is 6.26 Å². The normalized spacial score (nSPS) is 11.6. The van der Waals surface area contributed by atoms with Crippen molar-refractivity contribution in [2.45, 2.75) is 11.5 Å². The van der Waals surface area contributed by atoms with Gasteiger partial charge in [-0.25, -0.2) is 18.7 Å². The molecular weight excluding hydrogens is 209 g/mol. The first kappa shape index (κ1) is 11.1. The Balaban J connectivity index is 3.15. The van der Waals surface area contributed by atoms with E-state index >= 15 is 0 Å². The quantitative estimate of drug-likeness (QED) is 0.756. The molecule has 0 saturated carbocycles. The maximum absolute atomic E-state index is 13.2. The topological polar surface area (TPSA) is 69.4 Å². The fourth-order valence-electron chi connectivity index (χ4n) is 1.03. The summed E-state index contributed by atoms with van der Waals surface area (Å²) in [7, 11) is -3.51. The average molecular weight is 219 g/mol. The molecule has 1 aromatic rings. The molecular formula is C8H10FNO3S. The molecule has 2 N–H and O–H groups in total. The Labute approximate surface area is 81.4 Å². The highest BCUT2D eigenvalue weighted by Gasteiger charge is 2.13. The lowest BCUT2D eigenvalue weighted by atomic mass is 10.2. The molecule has 0 aromatic heterocycles. The van der Waals surface area contributed by atoms with Gasteiger partial charge in [-0.3, -0.25) is 4.84 Å². The molecule has 14 heavy (non-hydrogen) atoms. The summed E-state index contributed by atoms with van der Waals surface area (Å²) in [6.07, 6.45) is 0.949. The van der Waals surface area contributed by atoms with Crippen molar-refractivity contribution in [1.82, 2.24) is 0 Å². The van der Waals surface area contributed by atoms with Gasteiger partial charge in [0.15, 0.2) is 9.84 Å². The van der Waals surface area contributed by atoms with Gasteiger partial charge in [-0.15, -0.1) is 0 Å². The van der Waals surface area contributed by atoms with Gasteiger partial charge in [-0.1, -0.05) is 6.07 Å². The third kappa shape index (κ3) is 2.50. The molecule has 0 fully saturated rings. The molecule has 0 bridgehead atoms. The summed E-state index contributed by atoms with van der Waals surface area (Å²) in [5, 5.41) is 0. The standard InChI is InChI=1S/C8H10FNO3S/c1-14(11,12)8-3-2-6(5-13-10)4-7(8)9/h2-4H,5,10H2,1H3. The lowest BCUT2D eigenvalue weighted by Gasteiger charge is -2.03. The van der Waals surface area contributed by atoms with Crippen LogP contribution in [0, 0.1) is 5.82 Å². The monoisotopic (exact) mass is 219 g/mol. The molecule has 0 saturated heterocycles. The fourth-order valence-corrected chi connectivity index (χ4v) is 1.76. The highest BCUT2D eigenvalue weighted by Crippen LogP contribution is 2.15. The molecule has 1 aromatic carbocycles. The van der Waals surface area contributed by atoms with Crippen LogP contribution in [0.1, 0.15) is 5.56 Å². The highest BCUT2D eigenvalue weighted by molar-refractivity contribution is 7.90. The third-order valence-electron chi connectivity index (χ3n) is 1.65. The molecule has 1 rings (SSSR count). The Morgan fingerprint density at radius 3 is 2.57 bits per heavy atom. The van der Waals surface area contributed by atoms with E-state index in [1.54, 1.807) is 0 Å². The lowest BCUT2D eigenvalue weighted by molar-refractivity contribution is 0.124. The number of nitrogens with two attached hydrogens (primary N) is 1. The SMILES string of the molecule is CS(=O)(=O)c1ccc(CON)cc1F. The Morgan fingerprint density at radius 1 is 1.50 bits per heavy atom. The van der Waals surface area contributed by atoms with Gasteiger partial charge in [0, 0.05) is 6.26 Å². The Bertz CT molecular complexity index is 430. The number of sulfone groups is 1. The first-order chi connectivity index (χ1) is 6.45. The average Bonchev–Trinajstić information content (AvgIpc) is 2.02. The van der Waals surface area contributed by atoms with Gasteiger partial charge in [0.2, 0.25) is 0 Å². The van der Waals surface area contributed by atoms with Gasteiger partial charge < -0.3 is 0 Å². The molecule has 0 heterocycles. The Morgan fingerprint density at radius 2 is 2.14 bits per heavy atom. The summed E-state index contributed by atoms with van der Waals surface area (Å²) in [4.78, 5) is 3.97. The molecule has 0 aliphatic rings. The van der Waals surface area contributed by atoms with E-state index in [-0.39, 0.29) is 11.5 Å². The lowest BCUT2D eigenvalue weighted by Crippen LogP contribution is -2.03. The minimum absolute atomic E-state index is 0.0426. The second-order valence-corrected chi connectivity index (χ2v) is 4.83. The summed E-state index contributed by atoms with van der Waals surface area (Å²) in [6.45, 7) is 0.0426. The summed E-state index contributed by atoms with van der Waals surface area (Å²) >= 11 is 0. The number of hydrogen-bond acceptors (Lipinski definition) is 4. The van der Waals surface area contributed by atoms with E-state index in [9.17, 15) is 12.8 Å². The van der Waals surface area contributed by atoms with Crippen LogP contribution < -0.4 is 5.90 Å². The van der Waals surface area contributed by atoms with Crippen molar-refractivity contribution in [1.29, 1.82) is 0 Å². The predicted molar refractivity (Wildman–Crippen MR) is 48.5 cm³/mol. The van der Waals surface area contributed by atoms with Crippen LogP contribution in [0.5, 0.6) is 0 Å². The van der Waals surface area contributed by atoms with Crippen molar-refractivity contribution >= 4 is 9.84 Å². The molecule has 78 valence electrons. The van der Waals surface area contributed by atoms with Crippen molar-refractivity contribution in [3.8, 4) is 0 Å². The molecule has 0 amide bonds. The van der Waals surface area contributed by atoms with Crippen LogP contribution in [-0.2, 0) is 21.3 Å². The van der Waals surface area contributed by atoms with E-state index in [0.717, 1.165) is 12.3 Å². The van der Waals surface area contributed by atoms with Crippen LogP contribution in [0.4, 0.5) is 4.39 Å². The number of rotatable bonds is 3. The largest absolute Gasteiger partial charge is 0.300 e. The van der Waals surface area contributed by atoms with Gasteiger partial charge in [-0.2, -0.15) is 0 Å². The van der Waals surface area contributed by atoms with Gasteiger partial charge in [-0.05, 0) is 17.7 Å². The molecule has 0 spiro atoms. The number of halogens is 1. The number of hydrogen-bond donors (Lipinski definition) is 1. The minimum Gasteiger partial charge on any atom is -0.300 e. The maximum atomic E-state index is 13.2. The summed E-state index contributed by atoms with van der Waals surface area (Å²) in [5.41, 5.74) is 0.484. The smallest absolute Gasteiger partial charge is 0.178 e. The zero-order valence-electron chi connectivity index (χ0n) is 7.53. The van der Waals surface area contributed by atoms with E-state index in [2.05, 4.69) is 4.84 Å². The van der Waals surface area contributed by atoms with Crippen molar-refractivity contribution in [3.63, 3.8) is 0 Å². The van der Waals surface area contributed by atoms with Crippen molar-refractivity contribution in [3.05, 3.63) is 29.6 Å². The van der Waals surface area contributed by atoms with E-state index in [0.29, 0.717) is 5.56 Å². The molecule has 0 atom stereocenters. The second kappa shape index (κ2) is 4.04. The zero-order valence-corrected chi connectivity index (χ0v) is 8.34. The molecule has 0 unspecified atom stereocenters. The van der Waals surface area contributed by atoms with Gasteiger partial charge in [0.25, 0.3) is 0 Å². The van der Waals surface area contributed by atoms with E-state index in [1.807, 2.05) is 0 Å². The van der Waals surface area contributed by atoms with Crippen LogP contribution in [0.3, 0.4) is 0 Å². The second-order valence-electron chi connectivity index (χ2n) is 2.85. The summed E-state index contributed by atoms with van der Waals surface area (Å²) < 4.78 is 35.2. The van der Waals surface area contributed by atoms with Crippen LogP contribution in [-0.4, -0.2) is 14.7 Å². The van der Waals surface area contributed by atoms with E-state index in [4.69, 9.17) is 5.90 Å². The van der Waals surface area contributed by atoms with Crippen LogP contribution in [0.25, 0.3) is 0 Å². The van der Waals surface area contributed by atoms with E-state index in [1.165, 1.54) is 12.1 Å². The Hall–Kier alpha value is -0.980.